The number of benzene rings is 1. The van der Waals surface area contributed by atoms with Crippen molar-refractivity contribution in [3.05, 3.63) is 45.5 Å². The van der Waals surface area contributed by atoms with Crippen molar-refractivity contribution in [3.8, 4) is 6.07 Å². The number of sulfonamides is 1. The minimum Gasteiger partial charge on any atom is -0.367 e. The maximum Gasteiger partial charge on any atom is 0.393 e. The third-order valence-corrected chi connectivity index (χ3v) is 12.7. The topological polar surface area (TPSA) is 122 Å². The Morgan fingerprint density at radius 3 is 2.40 bits per heavy atom. The number of aryl methyl sites for hydroxylation is 2. The summed E-state index contributed by atoms with van der Waals surface area (Å²) >= 11 is 1.07. The van der Waals surface area contributed by atoms with Crippen LogP contribution in [-0.4, -0.2) is 108 Å². The molecule has 0 aliphatic carbocycles. The lowest BCUT2D eigenvalue weighted by atomic mass is 10.0. The minimum absolute atomic E-state index is 0.117. The standard InChI is InChI=1S/C34H44F3N9O2S2/c1-21(44-12-14-45(15-13-44)50(5,47)48)19-46-26(18-38)16-27-22(2)24(6-7-28(27)46)20-43-10-8-25(9-11-43)40-31-30-23(3)29(17-34(35,36)37)49-32(30)42-33(39-4)41-31/h6-7,16,21,25H,8-15,17,19-20H2,1-5H3,(H2,39,40,41,42)/t21-/m0/s1. The molecule has 270 valence electrons. The fourth-order valence-corrected chi connectivity index (χ4v) is 9.29. The quantitative estimate of drug-likeness (QED) is 0.223. The lowest BCUT2D eigenvalue weighted by molar-refractivity contribution is -0.126. The first kappa shape index (κ1) is 36.3. The Morgan fingerprint density at radius 1 is 1.08 bits per heavy atom. The number of nitriles is 1. The highest BCUT2D eigenvalue weighted by molar-refractivity contribution is 7.88. The van der Waals surface area contributed by atoms with E-state index < -0.39 is 22.6 Å². The molecule has 6 rings (SSSR count). The number of hydrogen-bond acceptors (Lipinski definition) is 10. The van der Waals surface area contributed by atoms with Crippen LogP contribution in [0.4, 0.5) is 24.9 Å². The van der Waals surface area contributed by atoms with Gasteiger partial charge < -0.3 is 15.2 Å². The van der Waals surface area contributed by atoms with Crippen molar-refractivity contribution in [1.29, 1.82) is 5.26 Å². The molecule has 50 heavy (non-hydrogen) atoms. The maximum atomic E-state index is 13.3. The number of piperidine rings is 1. The van der Waals surface area contributed by atoms with E-state index >= 15 is 0 Å². The molecule has 5 heterocycles. The molecule has 0 saturated carbocycles. The smallest absolute Gasteiger partial charge is 0.367 e. The fraction of sp³-hybridized carbons (Fsp3) is 0.559. The van der Waals surface area contributed by atoms with Gasteiger partial charge in [0, 0.05) is 87.3 Å². The number of alkyl halides is 3. The van der Waals surface area contributed by atoms with Gasteiger partial charge in [0.25, 0.3) is 0 Å². The Hall–Kier alpha value is -3.49. The number of hydrogen-bond donors (Lipinski definition) is 2. The highest BCUT2D eigenvalue weighted by Gasteiger charge is 2.32. The SMILES string of the molecule is CNc1nc(NC2CCN(Cc3ccc4c(cc(C#N)n4C[C@H](C)N4CCN(S(C)(=O)=O)CC4)c3C)CC2)c2c(C)c(CC(F)(F)F)sc2n1. The van der Waals surface area contributed by atoms with Gasteiger partial charge in [0.05, 0.1) is 18.1 Å². The molecule has 1 aromatic carbocycles. The van der Waals surface area contributed by atoms with E-state index in [1.165, 1.54) is 16.1 Å². The van der Waals surface area contributed by atoms with Crippen LogP contribution in [0.15, 0.2) is 18.2 Å². The zero-order chi connectivity index (χ0) is 36.0. The lowest BCUT2D eigenvalue weighted by Gasteiger charge is -2.37. The van der Waals surface area contributed by atoms with Crippen LogP contribution in [0, 0.1) is 25.2 Å². The molecular weight excluding hydrogens is 688 g/mol. The van der Waals surface area contributed by atoms with Crippen molar-refractivity contribution >= 4 is 54.2 Å². The second kappa shape index (κ2) is 14.3. The van der Waals surface area contributed by atoms with Crippen molar-refractivity contribution in [1.82, 2.24) is 28.6 Å². The fourth-order valence-electron chi connectivity index (χ4n) is 7.26. The minimum atomic E-state index is -4.30. The van der Waals surface area contributed by atoms with Crippen molar-refractivity contribution < 1.29 is 21.6 Å². The largest absolute Gasteiger partial charge is 0.393 e. The van der Waals surface area contributed by atoms with Crippen LogP contribution >= 0.6 is 11.3 Å². The second-order valence-corrected chi connectivity index (χ2v) is 16.6. The Bertz CT molecular complexity index is 2020. The summed E-state index contributed by atoms with van der Waals surface area (Å²) in [6, 6.07) is 8.87. The monoisotopic (exact) mass is 731 g/mol. The van der Waals surface area contributed by atoms with Gasteiger partial charge in [-0.15, -0.1) is 11.3 Å². The molecule has 11 nitrogen and oxygen atoms in total. The molecule has 1 atom stereocenters. The van der Waals surface area contributed by atoms with Gasteiger partial charge in [-0.3, -0.25) is 9.80 Å². The van der Waals surface area contributed by atoms with Crippen molar-refractivity contribution in [2.75, 3.05) is 63.2 Å². The molecule has 2 saturated heterocycles. The molecule has 0 amide bonds. The molecule has 2 N–H and O–H groups in total. The van der Waals surface area contributed by atoms with Gasteiger partial charge in [-0.25, -0.2) is 13.4 Å². The predicted molar refractivity (Wildman–Crippen MR) is 192 cm³/mol. The summed E-state index contributed by atoms with van der Waals surface area (Å²) in [7, 11) is -1.50. The molecule has 3 aromatic heterocycles. The molecule has 0 bridgehead atoms. The highest BCUT2D eigenvalue weighted by Crippen LogP contribution is 2.38. The predicted octanol–water partition coefficient (Wildman–Crippen LogP) is 5.32. The van der Waals surface area contributed by atoms with Gasteiger partial charge in [-0.2, -0.15) is 27.7 Å². The van der Waals surface area contributed by atoms with Crippen LogP contribution in [0.5, 0.6) is 0 Å². The summed E-state index contributed by atoms with van der Waals surface area (Å²) in [5.41, 5.74) is 4.56. The van der Waals surface area contributed by atoms with Crippen LogP contribution in [0.25, 0.3) is 21.1 Å². The summed E-state index contributed by atoms with van der Waals surface area (Å²) in [6.45, 7) is 11.3. The number of nitrogens with zero attached hydrogens (tertiary/aromatic N) is 7. The molecule has 0 unspecified atom stereocenters. The van der Waals surface area contributed by atoms with E-state index in [0.29, 0.717) is 66.0 Å². The van der Waals surface area contributed by atoms with E-state index in [9.17, 15) is 26.9 Å². The first-order chi connectivity index (χ1) is 23.6. The highest BCUT2D eigenvalue weighted by atomic mass is 32.2. The zero-order valence-electron chi connectivity index (χ0n) is 29.1. The first-order valence-electron chi connectivity index (χ1n) is 16.9. The van der Waals surface area contributed by atoms with Crippen molar-refractivity contribution in [2.24, 2.45) is 0 Å². The number of anilines is 2. The molecule has 16 heteroatoms. The van der Waals surface area contributed by atoms with E-state index in [0.717, 1.165) is 60.3 Å². The third-order valence-electron chi connectivity index (χ3n) is 10.2. The molecule has 2 aliphatic heterocycles. The normalized spacial score (nSPS) is 18.1. The number of rotatable bonds is 10. The van der Waals surface area contributed by atoms with Crippen LogP contribution in [0.3, 0.4) is 0 Å². The summed E-state index contributed by atoms with van der Waals surface area (Å²) in [4.78, 5) is 14.6. The number of nitrogens with one attached hydrogen (secondary N) is 2. The Morgan fingerprint density at radius 2 is 1.78 bits per heavy atom. The number of fused-ring (bicyclic) bond motifs is 2. The number of thiophene rings is 1. The molecular formula is C34H44F3N9O2S2. The van der Waals surface area contributed by atoms with Crippen LogP contribution < -0.4 is 10.6 Å². The van der Waals surface area contributed by atoms with E-state index in [1.54, 1.807) is 14.0 Å². The van der Waals surface area contributed by atoms with Gasteiger partial charge in [-0.1, -0.05) is 6.07 Å². The summed E-state index contributed by atoms with van der Waals surface area (Å²) in [5, 5.41) is 18.2. The molecule has 0 spiro atoms. The van der Waals surface area contributed by atoms with Gasteiger partial charge in [0.1, 0.15) is 22.4 Å². The molecule has 2 fully saturated rings. The summed E-state index contributed by atoms with van der Waals surface area (Å²) in [5.74, 6) is 0.947. The Labute approximate surface area is 295 Å². The van der Waals surface area contributed by atoms with Crippen LogP contribution in [0.2, 0.25) is 0 Å². The number of piperazine rings is 1. The zero-order valence-corrected chi connectivity index (χ0v) is 30.7. The van der Waals surface area contributed by atoms with Crippen molar-refractivity contribution in [2.45, 2.75) is 71.4 Å². The number of halogens is 3. The maximum absolute atomic E-state index is 13.3. The Kier molecular flexibility index (Phi) is 10.4. The summed E-state index contributed by atoms with van der Waals surface area (Å²) < 4.78 is 67.3. The molecule has 0 radical (unpaired) electrons. The van der Waals surface area contributed by atoms with Gasteiger partial charge in [0.15, 0.2) is 0 Å². The third kappa shape index (κ3) is 7.71. The summed E-state index contributed by atoms with van der Waals surface area (Å²) in [6.07, 6.45) is -2.32. The number of aromatic nitrogens is 3. The van der Waals surface area contributed by atoms with E-state index in [1.807, 2.05) is 6.07 Å². The van der Waals surface area contributed by atoms with Gasteiger partial charge >= 0.3 is 6.18 Å². The van der Waals surface area contributed by atoms with Crippen LogP contribution in [0.1, 0.15) is 47.0 Å². The average molecular weight is 732 g/mol. The van der Waals surface area contributed by atoms with Crippen molar-refractivity contribution in [3.63, 3.8) is 0 Å². The molecule has 4 aromatic rings. The van der Waals surface area contributed by atoms with E-state index in [4.69, 9.17) is 0 Å². The molecule has 2 aliphatic rings. The average Bonchev–Trinajstić information content (AvgIpc) is 3.58. The lowest BCUT2D eigenvalue weighted by Crippen LogP contribution is -2.51. The first-order valence-corrected chi connectivity index (χ1v) is 19.6. The van der Waals surface area contributed by atoms with Crippen LogP contribution in [-0.2, 0) is 29.5 Å². The van der Waals surface area contributed by atoms with Gasteiger partial charge in [-0.05, 0) is 62.4 Å². The number of likely N-dealkylation sites (tertiary alicyclic amines) is 1. The van der Waals surface area contributed by atoms with E-state index in [-0.39, 0.29) is 17.0 Å². The second-order valence-electron chi connectivity index (χ2n) is 13.5. The van der Waals surface area contributed by atoms with Gasteiger partial charge in [0.2, 0.25) is 16.0 Å². The Balaban J connectivity index is 1.11. The van der Waals surface area contributed by atoms with E-state index in [2.05, 4.69) is 67.0 Å².